The molecule has 1 aliphatic rings. The molecule has 15 heavy (non-hydrogen) atoms. The first kappa shape index (κ1) is 9.09. The maximum atomic E-state index is 5.35. The predicted octanol–water partition coefficient (Wildman–Crippen LogP) is 2.50. The molecule has 0 fully saturated rings. The van der Waals surface area contributed by atoms with E-state index in [1.165, 1.54) is 23.3 Å². The Kier molecular flexibility index (Phi) is 1.92. The van der Waals surface area contributed by atoms with Crippen LogP contribution >= 0.6 is 11.3 Å². The van der Waals surface area contributed by atoms with Crippen molar-refractivity contribution >= 4 is 21.6 Å². The van der Waals surface area contributed by atoms with Gasteiger partial charge < -0.3 is 4.74 Å². The molecule has 2 aromatic heterocycles. The molecule has 0 N–H and O–H groups in total. The van der Waals surface area contributed by atoms with Crippen LogP contribution in [0.4, 0.5) is 0 Å². The zero-order valence-corrected chi connectivity index (χ0v) is 9.65. The highest BCUT2D eigenvalue weighted by atomic mass is 32.1. The summed E-state index contributed by atoms with van der Waals surface area (Å²) in [6.07, 6.45) is 3.60. The van der Waals surface area contributed by atoms with Crippen molar-refractivity contribution in [3.8, 4) is 5.88 Å². The fourth-order valence-electron chi connectivity index (χ4n) is 2.21. The molecule has 0 radical (unpaired) electrons. The van der Waals surface area contributed by atoms with Crippen molar-refractivity contribution in [1.82, 2.24) is 9.97 Å². The molecule has 3 nitrogen and oxygen atoms in total. The Hall–Kier alpha value is -1.16. The quantitative estimate of drug-likeness (QED) is 0.740. The molecule has 2 aromatic rings. The van der Waals surface area contributed by atoms with E-state index in [4.69, 9.17) is 4.74 Å². The molecule has 4 heteroatoms. The number of hydrogen-bond acceptors (Lipinski definition) is 4. The highest BCUT2D eigenvalue weighted by Gasteiger charge is 2.21. The van der Waals surface area contributed by atoms with Crippen LogP contribution in [-0.4, -0.2) is 17.1 Å². The third-order valence-corrected chi connectivity index (χ3v) is 4.02. The summed E-state index contributed by atoms with van der Waals surface area (Å²) in [5.41, 5.74) is 1.42. The smallest absolute Gasteiger partial charge is 0.225 e. The topological polar surface area (TPSA) is 35.0 Å². The van der Waals surface area contributed by atoms with Crippen LogP contribution in [0, 0.1) is 6.92 Å². The van der Waals surface area contributed by atoms with Crippen molar-refractivity contribution in [3.63, 3.8) is 0 Å². The van der Waals surface area contributed by atoms with Gasteiger partial charge in [-0.2, -0.15) is 4.98 Å². The Bertz CT molecular complexity index is 533. The SMILES string of the molecule is COc1nc(C)nc2sc3c(c12)CCC3. The summed E-state index contributed by atoms with van der Waals surface area (Å²) in [7, 11) is 1.68. The van der Waals surface area contributed by atoms with Gasteiger partial charge in [0.25, 0.3) is 0 Å². The van der Waals surface area contributed by atoms with Crippen LogP contribution in [0.5, 0.6) is 5.88 Å². The number of methoxy groups -OCH3 is 1. The van der Waals surface area contributed by atoms with E-state index in [1.54, 1.807) is 18.4 Å². The van der Waals surface area contributed by atoms with Crippen molar-refractivity contribution in [3.05, 3.63) is 16.3 Å². The third-order valence-electron chi connectivity index (χ3n) is 2.84. The fourth-order valence-corrected chi connectivity index (χ4v) is 3.51. The van der Waals surface area contributed by atoms with E-state index < -0.39 is 0 Å². The molecular formula is C11H12N2OS. The van der Waals surface area contributed by atoms with Crippen molar-refractivity contribution in [2.45, 2.75) is 26.2 Å². The lowest BCUT2D eigenvalue weighted by Crippen LogP contribution is -1.94. The summed E-state index contributed by atoms with van der Waals surface area (Å²) >= 11 is 1.80. The van der Waals surface area contributed by atoms with E-state index in [1.807, 2.05) is 6.92 Å². The summed E-state index contributed by atoms with van der Waals surface area (Å²) in [6, 6.07) is 0. The normalized spacial score (nSPS) is 14.5. The lowest BCUT2D eigenvalue weighted by molar-refractivity contribution is 0.401. The Morgan fingerprint density at radius 2 is 2.13 bits per heavy atom. The molecule has 78 valence electrons. The van der Waals surface area contributed by atoms with Gasteiger partial charge >= 0.3 is 0 Å². The number of aryl methyl sites for hydroxylation is 3. The zero-order chi connectivity index (χ0) is 10.4. The highest BCUT2D eigenvalue weighted by Crippen LogP contribution is 2.39. The first-order chi connectivity index (χ1) is 7.29. The monoisotopic (exact) mass is 220 g/mol. The molecule has 0 saturated heterocycles. The van der Waals surface area contributed by atoms with Gasteiger partial charge in [0.15, 0.2) is 0 Å². The second-order valence-electron chi connectivity index (χ2n) is 3.82. The standard InChI is InChI=1S/C11H12N2OS/c1-6-12-10(14-2)9-7-4-3-5-8(7)15-11(9)13-6/h3-5H2,1-2H3. The van der Waals surface area contributed by atoms with E-state index in [0.29, 0.717) is 0 Å². The maximum absolute atomic E-state index is 5.35. The molecule has 0 aliphatic heterocycles. The second-order valence-corrected chi connectivity index (χ2v) is 4.90. The van der Waals surface area contributed by atoms with Crippen LogP contribution in [0.3, 0.4) is 0 Å². The van der Waals surface area contributed by atoms with Gasteiger partial charge in [-0.15, -0.1) is 11.3 Å². The average Bonchev–Trinajstić information content (AvgIpc) is 2.75. The van der Waals surface area contributed by atoms with E-state index >= 15 is 0 Å². The van der Waals surface area contributed by atoms with Crippen LogP contribution in [-0.2, 0) is 12.8 Å². The number of rotatable bonds is 1. The molecule has 0 spiro atoms. The summed E-state index contributed by atoms with van der Waals surface area (Å²) in [5, 5.41) is 1.15. The van der Waals surface area contributed by atoms with Gasteiger partial charge in [-0.3, -0.25) is 0 Å². The van der Waals surface area contributed by atoms with Gasteiger partial charge in [-0.25, -0.2) is 4.98 Å². The molecule has 0 amide bonds. The number of ether oxygens (including phenoxy) is 1. The van der Waals surface area contributed by atoms with Crippen LogP contribution in [0.2, 0.25) is 0 Å². The summed E-state index contributed by atoms with van der Waals surface area (Å²) in [5.74, 6) is 1.54. The minimum absolute atomic E-state index is 0.747. The van der Waals surface area contributed by atoms with Crippen molar-refractivity contribution in [2.75, 3.05) is 7.11 Å². The van der Waals surface area contributed by atoms with Crippen molar-refractivity contribution < 1.29 is 4.74 Å². The van der Waals surface area contributed by atoms with Crippen LogP contribution in [0.25, 0.3) is 10.2 Å². The number of fused-ring (bicyclic) bond motifs is 3. The van der Waals surface area contributed by atoms with Gasteiger partial charge in [-0.1, -0.05) is 0 Å². The fraction of sp³-hybridized carbons (Fsp3) is 0.455. The largest absolute Gasteiger partial charge is 0.480 e. The number of nitrogens with zero attached hydrogens (tertiary/aromatic N) is 2. The van der Waals surface area contributed by atoms with Gasteiger partial charge in [-0.05, 0) is 31.7 Å². The Morgan fingerprint density at radius 3 is 2.93 bits per heavy atom. The molecular weight excluding hydrogens is 208 g/mol. The van der Waals surface area contributed by atoms with E-state index in [2.05, 4.69) is 9.97 Å². The molecule has 0 unspecified atom stereocenters. The van der Waals surface area contributed by atoms with Gasteiger partial charge in [0.05, 0.1) is 12.5 Å². The molecule has 1 aliphatic carbocycles. The van der Waals surface area contributed by atoms with Gasteiger partial charge in [0.2, 0.25) is 5.88 Å². The third kappa shape index (κ3) is 1.24. The molecule has 0 saturated carbocycles. The molecule has 0 aromatic carbocycles. The summed E-state index contributed by atoms with van der Waals surface area (Å²) < 4.78 is 5.35. The first-order valence-corrected chi connectivity index (χ1v) is 5.94. The van der Waals surface area contributed by atoms with Crippen molar-refractivity contribution in [1.29, 1.82) is 0 Å². The lowest BCUT2D eigenvalue weighted by atomic mass is 10.2. The molecule has 0 bridgehead atoms. The maximum Gasteiger partial charge on any atom is 0.225 e. The molecule has 0 atom stereocenters. The summed E-state index contributed by atoms with van der Waals surface area (Å²) in [4.78, 5) is 11.4. The lowest BCUT2D eigenvalue weighted by Gasteiger charge is -2.03. The number of thiophene rings is 1. The molecule has 2 heterocycles. The minimum atomic E-state index is 0.747. The summed E-state index contributed by atoms with van der Waals surface area (Å²) in [6.45, 7) is 1.91. The Balaban J connectivity index is 2.39. The van der Waals surface area contributed by atoms with E-state index in [9.17, 15) is 0 Å². The van der Waals surface area contributed by atoms with E-state index in [-0.39, 0.29) is 0 Å². The average molecular weight is 220 g/mol. The predicted molar refractivity (Wildman–Crippen MR) is 60.7 cm³/mol. The zero-order valence-electron chi connectivity index (χ0n) is 8.83. The van der Waals surface area contributed by atoms with Crippen LogP contribution in [0.1, 0.15) is 22.7 Å². The van der Waals surface area contributed by atoms with Crippen LogP contribution < -0.4 is 4.74 Å². The number of aromatic nitrogens is 2. The van der Waals surface area contributed by atoms with Crippen LogP contribution in [0.15, 0.2) is 0 Å². The Morgan fingerprint density at radius 1 is 1.27 bits per heavy atom. The highest BCUT2D eigenvalue weighted by molar-refractivity contribution is 7.19. The number of hydrogen-bond donors (Lipinski definition) is 0. The van der Waals surface area contributed by atoms with Gasteiger partial charge in [0.1, 0.15) is 10.7 Å². The Labute approximate surface area is 92.1 Å². The van der Waals surface area contributed by atoms with Gasteiger partial charge in [0, 0.05) is 4.88 Å². The first-order valence-electron chi connectivity index (χ1n) is 5.12. The molecule has 3 rings (SSSR count). The van der Waals surface area contributed by atoms with Crippen molar-refractivity contribution in [2.24, 2.45) is 0 Å². The van der Waals surface area contributed by atoms with E-state index in [0.717, 1.165) is 28.3 Å². The minimum Gasteiger partial charge on any atom is -0.480 e. The second kappa shape index (κ2) is 3.17.